The zero-order chi connectivity index (χ0) is 24.3. The van der Waals surface area contributed by atoms with Crippen LogP contribution in [0.5, 0.6) is 0 Å². The Morgan fingerprint density at radius 2 is 1.71 bits per heavy atom. The third-order valence-electron chi connectivity index (χ3n) is 6.29. The molecule has 0 spiro atoms. The molecule has 10 heteroatoms. The van der Waals surface area contributed by atoms with Crippen molar-refractivity contribution in [3.05, 3.63) is 63.6 Å². The maximum atomic E-state index is 13.1. The molecule has 2 aliphatic rings. The number of para-hydroxylation sites is 1. The highest BCUT2D eigenvalue weighted by atomic mass is 35.5. The minimum absolute atomic E-state index is 0.0946. The van der Waals surface area contributed by atoms with Gasteiger partial charge in [-0.05, 0) is 55.5 Å². The predicted octanol–water partition coefficient (Wildman–Crippen LogP) is 4.41. The van der Waals surface area contributed by atoms with Crippen LogP contribution in [0.15, 0.2) is 42.5 Å². The Labute approximate surface area is 210 Å². The minimum atomic E-state index is -3.65. The van der Waals surface area contributed by atoms with Crippen LogP contribution >= 0.6 is 23.2 Å². The van der Waals surface area contributed by atoms with Gasteiger partial charge in [-0.3, -0.25) is 9.59 Å². The molecule has 2 heterocycles. The van der Waals surface area contributed by atoms with Gasteiger partial charge in [-0.15, -0.1) is 0 Å². The molecule has 0 aliphatic carbocycles. The first-order valence-corrected chi connectivity index (χ1v) is 13.7. The summed E-state index contributed by atoms with van der Waals surface area (Å²) in [6.07, 6.45) is 3.11. The fourth-order valence-electron chi connectivity index (χ4n) is 4.44. The third kappa shape index (κ3) is 5.74. The number of nitrogens with zero attached hydrogens (tertiary/aromatic N) is 2. The summed E-state index contributed by atoms with van der Waals surface area (Å²) in [5, 5.41) is 3.54. The summed E-state index contributed by atoms with van der Waals surface area (Å²) in [7, 11) is -3.65. The molecule has 1 N–H and O–H groups in total. The lowest BCUT2D eigenvalue weighted by Crippen LogP contribution is -2.44. The van der Waals surface area contributed by atoms with Gasteiger partial charge in [0.05, 0.1) is 33.0 Å². The SMILES string of the molecule is O=C(Nc1ccccc1C(=O)N1CCCC1)[C@@H]1CCCN(S(=O)(=O)Cc2ccc(Cl)c(Cl)c2)C1. The summed E-state index contributed by atoms with van der Waals surface area (Å²) in [6.45, 7) is 1.89. The lowest BCUT2D eigenvalue weighted by Gasteiger charge is -2.31. The molecule has 2 aromatic rings. The van der Waals surface area contributed by atoms with Crippen molar-refractivity contribution in [2.75, 3.05) is 31.5 Å². The predicted molar refractivity (Wildman–Crippen MR) is 134 cm³/mol. The molecule has 4 rings (SSSR count). The van der Waals surface area contributed by atoms with Gasteiger partial charge in [-0.1, -0.05) is 41.4 Å². The first-order chi connectivity index (χ1) is 16.2. The normalized spacial score (nSPS) is 19.2. The van der Waals surface area contributed by atoms with Crippen LogP contribution in [-0.4, -0.2) is 55.6 Å². The summed E-state index contributed by atoms with van der Waals surface area (Å²) >= 11 is 12.0. The molecule has 2 aliphatic heterocycles. The number of rotatable bonds is 6. The number of hydrogen-bond donors (Lipinski definition) is 1. The van der Waals surface area contributed by atoms with E-state index in [4.69, 9.17) is 23.2 Å². The molecule has 2 saturated heterocycles. The number of hydrogen-bond acceptors (Lipinski definition) is 4. The van der Waals surface area contributed by atoms with E-state index >= 15 is 0 Å². The van der Waals surface area contributed by atoms with Gasteiger partial charge in [0.2, 0.25) is 15.9 Å². The Kier molecular flexibility index (Phi) is 7.82. The van der Waals surface area contributed by atoms with Crippen molar-refractivity contribution in [2.45, 2.75) is 31.4 Å². The van der Waals surface area contributed by atoms with Crippen LogP contribution in [0.25, 0.3) is 0 Å². The number of anilines is 1. The summed E-state index contributed by atoms with van der Waals surface area (Å²) in [5.74, 6) is -1.10. The van der Waals surface area contributed by atoms with Crippen molar-refractivity contribution in [3.8, 4) is 0 Å². The monoisotopic (exact) mass is 523 g/mol. The van der Waals surface area contributed by atoms with Crippen LogP contribution in [0, 0.1) is 5.92 Å². The zero-order valence-corrected chi connectivity index (χ0v) is 21.0. The van der Waals surface area contributed by atoms with Crippen molar-refractivity contribution in [2.24, 2.45) is 5.92 Å². The molecule has 2 aromatic carbocycles. The molecule has 7 nitrogen and oxygen atoms in total. The van der Waals surface area contributed by atoms with Crippen LogP contribution in [-0.2, 0) is 20.6 Å². The van der Waals surface area contributed by atoms with Gasteiger partial charge in [-0.25, -0.2) is 12.7 Å². The Morgan fingerprint density at radius 1 is 0.971 bits per heavy atom. The number of likely N-dealkylation sites (tertiary alicyclic amines) is 1. The highest BCUT2D eigenvalue weighted by Crippen LogP contribution is 2.27. The number of amides is 2. The average Bonchev–Trinajstić information content (AvgIpc) is 3.36. The Morgan fingerprint density at radius 3 is 2.44 bits per heavy atom. The lowest BCUT2D eigenvalue weighted by atomic mass is 9.98. The molecular weight excluding hydrogens is 497 g/mol. The first kappa shape index (κ1) is 25.0. The smallest absolute Gasteiger partial charge is 0.255 e. The van der Waals surface area contributed by atoms with E-state index < -0.39 is 15.9 Å². The molecule has 34 heavy (non-hydrogen) atoms. The number of piperidine rings is 1. The lowest BCUT2D eigenvalue weighted by molar-refractivity contribution is -0.120. The summed E-state index contributed by atoms with van der Waals surface area (Å²) in [4.78, 5) is 27.8. The van der Waals surface area contributed by atoms with Crippen LogP contribution in [0.4, 0.5) is 5.69 Å². The van der Waals surface area contributed by atoms with Crippen molar-refractivity contribution >= 4 is 50.7 Å². The van der Waals surface area contributed by atoms with Crippen molar-refractivity contribution < 1.29 is 18.0 Å². The molecule has 182 valence electrons. The van der Waals surface area contributed by atoms with Gasteiger partial charge < -0.3 is 10.2 Å². The number of benzene rings is 2. The van der Waals surface area contributed by atoms with Gasteiger partial charge in [0.25, 0.3) is 5.91 Å². The number of carbonyl (C=O) groups is 2. The summed E-state index contributed by atoms with van der Waals surface area (Å²) in [5.41, 5.74) is 1.45. The van der Waals surface area contributed by atoms with E-state index in [2.05, 4.69) is 5.32 Å². The molecule has 2 fully saturated rings. The molecular formula is C24H27Cl2N3O4S. The molecule has 0 radical (unpaired) electrons. The summed E-state index contributed by atoms with van der Waals surface area (Å²) < 4.78 is 27.4. The van der Waals surface area contributed by atoms with Crippen LogP contribution in [0.3, 0.4) is 0 Å². The maximum Gasteiger partial charge on any atom is 0.255 e. The standard InChI is InChI=1S/C24H27Cl2N3O4S/c25-20-10-9-17(14-21(20)26)16-34(32,33)29-13-5-6-18(15-29)23(30)27-22-8-2-1-7-19(22)24(31)28-11-3-4-12-28/h1-2,7-10,14,18H,3-6,11-13,15-16H2,(H,27,30)/t18-/m1/s1. The van der Waals surface area contributed by atoms with Gasteiger partial charge in [0.1, 0.15) is 0 Å². The number of nitrogens with one attached hydrogen (secondary N) is 1. The molecule has 0 aromatic heterocycles. The second kappa shape index (κ2) is 10.6. The molecule has 0 bridgehead atoms. The first-order valence-electron chi connectivity index (χ1n) is 11.4. The highest BCUT2D eigenvalue weighted by Gasteiger charge is 2.33. The van der Waals surface area contributed by atoms with Crippen molar-refractivity contribution in [1.82, 2.24) is 9.21 Å². The van der Waals surface area contributed by atoms with Gasteiger partial charge >= 0.3 is 0 Å². The average molecular weight is 524 g/mol. The van der Waals surface area contributed by atoms with E-state index in [0.29, 0.717) is 46.2 Å². The fraction of sp³-hybridized carbons (Fsp3) is 0.417. The van der Waals surface area contributed by atoms with Crippen molar-refractivity contribution in [3.63, 3.8) is 0 Å². The Hall–Kier alpha value is -2.13. The molecule has 0 unspecified atom stereocenters. The van der Waals surface area contributed by atoms with Crippen LogP contribution in [0.1, 0.15) is 41.6 Å². The molecule has 1 atom stereocenters. The van der Waals surface area contributed by atoms with E-state index in [9.17, 15) is 18.0 Å². The second-order valence-corrected chi connectivity index (χ2v) is 11.5. The van der Waals surface area contributed by atoms with E-state index in [-0.39, 0.29) is 24.1 Å². The second-order valence-electron chi connectivity index (χ2n) is 8.74. The largest absolute Gasteiger partial charge is 0.339 e. The van der Waals surface area contributed by atoms with Crippen LogP contribution in [0.2, 0.25) is 10.0 Å². The zero-order valence-electron chi connectivity index (χ0n) is 18.7. The number of sulfonamides is 1. The summed E-state index contributed by atoms with van der Waals surface area (Å²) in [6, 6.07) is 11.7. The van der Waals surface area contributed by atoms with Gasteiger partial charge in [0.15, 0.2) is 0 Å². The van der Waals surface area contributed by atoms with E-state index in [0.717, 1.165) is 25.9 Å². The van der Waals surface area contributed by atoms with E-state index in [1.165, 1.54) is 4.31 Å². The number of carbonyl (C=O) groups excluding carboxylic acids is 2. The topological polar surface area (TPSA) is 86.8 Å². The quantitative estimate of drug-likeness (QED) is 0.607. The van der Waals surface area contributed by atoms with E-state index in [1.54, 1.807) is 47.4 Å². The maximum absolute atomic E-state index is 13.1. The molecule has 0 saturated carbocycles. The number of halogens is 2. The Bertz CT molecular complexity index is 1180. The molecule has 2 amide bonds. The highest BCUT2D eigenvalue weighted by molar-refractivity contribution is 7.88. The Balaban J connectivity index is 1.44. The fourth-order valence-corrected chi connectivity index (χ4v) is 6.36. The van der Waals surface area contributed by atoms with Crippen LogP contribution < -0.4 is 5.32 Å². The van der Waals surface area contributed by atoms with E-state index in [1.807, 2.05) is 0 Å². The third-order valence-corrected chi connectivity index (χ3v) is 8.85. The van der Waals surface area contributed by atoms with Gasteiger partial charge in [-0.2, -0.15) is 0 Å². The minimum Gasteiger partial charge on any atom is -0.339 e. The van der Waals surface area contributed by atoms with Crippen molar-refractivity contribution in [1.29, 1.82) is 0 Å². The van der Waals surface area contributed by atoms with Gasteiger partial charge in [0, 0.05) is 26.2 Å².